The first-order chi connectivity index (χ1) is 9.63. The van der Waals surface area contributed by atoms with Crippen LogP contribution in [0.2, 0.25) is 0 Å². The highest BCUT2D eigenvalue weighted by Crippen LogP contribution is 2.18. The van der Waals surface area contributed by atoms with Crippen molar-refractivity contribution in [3.63, 3.8) is 0 Å². The fourth-order valence-electron chi connectivity index (χ4n) is 1.80. The van der Waals surface area contributed by atoms with Crippen molar-refractivity contribution in [2.75, 3.05) is 33.4 Å². The maximum absolute atomic E-state index is 14.5. The molecule has 3 nitrogen and oxygen atoms in total. The van der Waals surface area contributed by atoms with Gasteiger partial charge in [0.2, 0.25) is 0 Å². The van der Waals surface area contributed by atoms with E-state index in [1.807, 2.05) is 27.7 Å². The van der Waals surface area contributed by atoms with Crippen molar-refractivity contribution in [1.82, 2.24) is 5.32 Å². The zero-order valence-electron chi connectivity index (χ0n) is 14.5. The zero-order valence-corrected chi connectivity index (χ0v) is 14.5. The Kier molecular flexibility index (Phi) is 9.02. The fraction of sp³-hybridized carbons (Fsp3) is 0.765. The number of allylic oxidation sites excluding steroid dienone is 1. The van der Waals surface area contributed by atoms with Crippen LogP contribution >= 0.6 is 0 Å². The van der Waals surface area contributed by atoms with Crippen LogP contribution in [0.4, 0.5) is 4.39 Å². The molecule has 0 heterocycles. The standard InChI is InChI=1S/C17H32FNO2/c1-8-9-17(18,12-19-7)13-20-10-15(14(2)3)11-21-16(4,5)6/h8-9,15,19H,2,10-13H2,1,3-7H3/b9-8+. The number of halogens is 1. The normalized spacial score (nSPS) is 16.9. The molecule has 2 atom stereocenters. The van der Waals surface area contributed by atoms with Crippen molar-refractivity contribution >= 4 is 0 Å². The van der Waals surface area contributed by atoms with Crippen molar-refractivity contribution < 1.29 is 13.9 Å². The van der Waals surface area contributed by atoms with Gasteiger partial charge in [-0.25, -0.2) is 4.39 Å². The van der Waals surface area contributed by atoms with Gasteiger partial charge in [0.1, 0.15) is 0 Å². The second-order valence-corrected chi connectivity index (χ2v) is 6.55. The van der Waals surface area contributed by atoms with Gasteiger partial charge in [0.15, 0.2) is 5.67 Å². The lowest BCUT2D eigenvalue weighted by atomic mass is 10.0. The minimum atomic E-state index is -1.48. The maximum atomic E-state index is 14.5. The molecular weight excluding hydrogens is 269 g/mol. The lowest BCUT2D eigenvalue weighted by Crippen LogP contribution is -2.38. The van der Waals surface area contributed by atoms with Gasteiger partial charge in [-0.15, -0.1) is 0 Å². The number of alkyl halides is 1. The summed E-state index contributed by atoms with van der Waals surface area (Å²) in [5.41, 5.74) is -0.689. The smallest absolute Gasteiger partial charge is 0.164 e. The molecule has 0 aromatic carbocycles. The van der Waals surface area contributed by atoms with Crippen molar-refractivity contribution in [3.8, 4) is 0 Å². The van der Waals surface area contributed by atoms with E-state index >= 15 is 0 Å². The maximum Gasteiger partial charge on any atom is 0.164 e. The predicted molar refractivity (Wildman–Crippen MR) is 87.4 cm³/mol. The molecule has 0 aromatic heterocycles. The summed E-state index contributed by atoms with van der Waals surface area (Å²) in [7, 11) is 1.73. The first-order valence-corrected chi connectivity index (χ1v) is 7.48. The Balaban J connectivity index is 4.39. The van der Waals surface area contributed by atoms with Gasteiger partial charge in [0.25, 0.3) is 0 Å². The average Bonchev–Trinajstić information content (AvgIpc) is 2.32. The molecule has 2 unspecified atom stereocenters. The Morgan fingerprint density at radius 1 is 1.33 bits per heavy atom. The molecule has 124 valence electrons. The second kappa shape index (κ2) is 9.34. The van der Waals surface area contributed by atoms with Crippen LogP contribution in [0.5, 0.6) is 0 Å². The molecular formula is C17H32FNO2. The number of hydrogen-bond donors (Lipinski definition) is 1. The molecule has 0 fully saturated rings. The third kappa shape index (κ3) is 9.77. The third-order valence-corrected chi connectivity index (χ3v) is 3.01. The highest BCUT2D eigenvalue weighted by molar-refractivity contribution is 5.02. The van der Waals surface area contributed by atoms with Gasteiger partial charge < -0.3 is 14.8 Å². The van der Waals surface area contributed by atoms with Gasteiger partial charge in [-0.2, -0.15) is 0 Å². The summed E-state index contributed by atoms with van der Waals surface area (Å²) in [6.45, 7) is 14.9. The third-order valence-electron chi connectivity index (χ3n) is 3.01. The van der Waals surface area contributed by atoms with Crippen molar-refractivity contribution in [1.29, 1.82) is 0 Å². The number of nitrogens with one attached hydrogen (secondary N) is 1. The molecule has 0 spiro atoms. The summed E-state index contributed by atoms with van der Waals surface area (Å²) in [6.07, 6.45) is 3.24. The largest absolute Gasteiger partial charge is 0.377 e. The van der Waals surface area contributed by atoms with E-state index in [4.69, 9.17) is 9.47 Å². The molecule has 21 heavy (non-hydrogen) atoms. The highest BCUT2D eigenvalue weighted by Gasteiger charge is 2.26. The summed E-state index contributed by atoms with van der Waals surface area (Å²) < 4.78 is 25.8. The van der Waals surface area contributed by atoms with Crippen LogP contribution in [-0.4, -0.2) is 44.7 Å². The topological polar surface area (TPSA) is 30.5 Å². The Bertz CT molecular complexity index is 336. The van der Waals surface area contributed by atoms with Crippen LogP contribution < -0.4 is 5.32 Å². The average molecular weight is 301 g/mol. The summed E-state index contributed by atoms with van der Waals surface area (Å²) in [6, 6.07) is 0. The molecule has 0 aliphatic rings. The van der Waals surface area contributed by atoms with E-state index < -0.39 is 5.67 Å². The SMILES string of the molecule is C=C(C)C(COCC(F)(/C=C/C)CNC)COC(C)(C)C. The van der Waals surface area contributed by atoms with Crippen LogP contribution in [-0.2, 0) is 9.47 Å². The zero-order chi connectivity index (χ0) is 16.5. The summed E-state index contributed by atoms with van der Waals surface area (Å²) >= 11 is 0. The summed E-state index contributed by atoms with van der Waals surface area (Å²) in [4.78, 5) is 0. The molecule has 4 heteroatoms. The lowest BCUT2D eigenvalue weighted by Gasteiger charge is -2.26. The van der Waals surface area contributed by atoms with Gasteiger partial charge in [-0.05, 0) is 47.7 Å². The Morgan fingerprint density at radius 3 is 2.38 bits per heavy atom. The van der Waals surface area contributed by atoms with Gasteiger partial charge in [0.05, 0.1) is 25.4 Å². The van der Waals surface area contributed by atoms with E-state index in [1.165, 1.54) is 6.08 Å². The number of hydrogen-bond acceptors (Lipinski definition) is 3. The highest BCUT2D eigenvalue weighted by atomic mass is 19.1. The number of ether oxygens (including phenoxy) is 2. The molecule has 0 saturated heterocycles. The quantitative estimate of drug-likeness (QED) is 0.626. The van der Waals surface area contributed by atoms with Crippen molar-refractivity contribution in [2.45, 2.75) is 45.9 Å². The molecule has 0 rings (SSSR count). The van der Waals surface area contributed by atoms with E-state index in [0.29, 0.717) is 13.2 Å². The molecule has 0 amide bonds. The minimum Gasteiger partial charge on any atom is -0.377 e. The second-order valence-electron chi connectivity index (χ2n) is 6.55. The molecule has 0 saturated carbocycles. The summed E-state index contributed by atoms with van der Waals surface area (Å²) in [5, 5.41) is 2.85. The molecule has 0 bridgehead atoms. The molecule has 0 aliphatic carbocycles. The fourth-order valence-corrected chi connectivity index (χ4v) is 1.80. The predicted octanol–water partition coefficient (Wildman–Crippen LogP) is 3.51. The van der Waals surface area contributed by atoms with Gasteiger partial charge >= 0.3 is 0 Å². The number of rotatable bonds is 10. The van der Waals surface area contributed by atoms with E-state index in [-0.39, 0.29) is 24.7 Å². The molecule has 0 radical (unpaired) electrons. The van der Waals surface area contributed by atoms with Crippen molar-refractivity contribution in [2.24, 2.45) is 5.92 Å². The Labute approximate surface area is 129 Å². The molecule has 0 aliphatic heterocycles. The summed E-state index contributed by atoms with van der Waals surface area (Å²) in [5.74, 6) is 0.0775. The van der Waals surface area contributed by atoms with E-state index in [0.717, 1.165) is 5.57 Å². The van der Waals surface area contributed by atoms with Gasteiger partial charge in [0, 0.05) is 12.5 Å². The van der Waals surface area contributed by atoms with Gasteiger partial charge in [-0.1, -0.05) is 18.2 Å². The van der Waals surface area contributed by atoms with Crippen LogP contribution in [0.1, 0.15) is 34.6 Å². The first kappa shape index (κ1) is 20.3. The first-order valence-electron chi connectivity index (χ1n) is 7.48. The van der Waals surface area contributed by atoms with E-state index in [1.54, 1.807) is 20.0 Å². The van der Waals surface area contributed by atoms with Crippen LogP contribution in [0.25, 0.3) is 0 Å². The monoisotopic (exact) mass is 301 g/mol. The molecule has 1 N–H and O–H groups in total. The van der Waals surface area contributed by atoms with Gasteiger partial charge in [-0.3, -0.25) is 0 Å². The molecule has 0 aromatic rings. The van der Waals surface area contributed by atoms with E-state index in [2.05, 4.69) is 11.9 Å². The van der Waals surface area contributed by atoms with Crippen LogP contribution in [0, 0.1) is 5.92 Å². The lowest BCUT2D eigenvalue weighted by molar-refractivity contribution is -0.0396. The minimum absolute atomic E-state index is 0.0253. The Morgan fingerprint density at radius 2 is 1.95 bits per heavy atom. The van der Waals surface area contributed by atoms with Crippen molar-refractivity contribution in [3.05, 3.63) is 24.3 Å². The Hall–Kier alpha value is -0.710. The van der Waals surface area contributed by atoms with Crippen LogP contribution in [0.3, 0.4) is 0 Å². The van der Waals surface area contributed by atoms with E-state index in [9.17, 15) is 4.39 Å². The van der Waals surface area contributed by atoms with Crippen LogP contribution in [0.15, 0.2) is 24.3 Å².